The zero-order valence-corrected chi connectivity index (χ0v) is 12.0. The molecule has 3 aromatic rings. The molecular weight excluding hydrogens is 303 g/mol. The smallest absolute Gasteiger partial charge is 0.276 e. The first-order chi connectivity index (χ1) is 11.0. The van der Waals surface area contributed by atoms with Crippen molar-refractivity contribution >= 4 is 28.2 Å². The van der Waals surface area contributed by atoms with E-state index in [0.717, 1.165) is 0 Å². The number of nitro groups is 1. The maximum atomic E-state index is 13.1. The molecular formula is C15H11FN4O3. The number of nitrogens with one attached hydrogen (secondary N) is 2. The Hall–Kier alpha value is -3.29. The first-order valence-corrected chi connectivity index (χ1v) is 6.66. The topological polar surface area (TPSA) is 101 Å². The summed E-state index contributed by atoms with van der Waals surface area (Å²) in [6.45, 7) is 1.66. The van der Waals surface area contributed by atoms with Gasteiger partial charge in [-0.15, -0.1) is 0 Å². The molecule has 1 amide bonds. The number of carbonyl (C=O) groups excluding carboxylic acids is 1. The Labute approximate surface area is 129 Å². The van der Waals surface area contributed by atoms with Crippen LogP contribution in [-0.2, 0) is 0 Å². The molecule has 7 nitrogen and oxygen atoms in total. The van der Waals surface area contributed by atoms with Crippen LogP contribution in [0.4, 0.5) is 15.8 Å². The molecule has 8 heteroatoms. The van der Waals surface area contributed by atoms with Gasteiger partial charge in [0, 0.05) is 23.2 Å². The third-order valence-electron chi connectivity index (χ3n) is 3.41. The number of aromatic amines is 1. The monoisotopic (exact) mass is 314 g/mol. The lowest BCUT2D eigenvalue weighted by Crippen LogP contribution is -2.13. The molecule has 0 atom stereocenters. The van der Waals surface area contributed by atoms with Gasteiger partial charge in [-0.05, 0) is 36.8 Å². The van der Waals surface area contributed by atoms with Crippen LogP contribution < -0.4 is 5.32 Å². The highest BCUT2D eigenvalue weighted by atomic mass is 19.1. The molecule has 0 bridgehead atoms. The number of hydrogen-bond donors (Lipinski definition) is 2. The van der Waals surface area contributed by atoms with Crippen molar-refractivity contribution in [1.29, 1.82) is 0 Å². The summed E-state index contributed by atoms with van der Waals surface area (Å²) >= 11 is 0. The van der Waals surface area contributed by atoms with Gasteiger partial charge in [0.05, 0.1) is 10.4 Å². The summed E-state index contributed by atoms with van der Waals surface area (Å²) in [7, 11) is 0. The molecule has 1 heterocycles. The molecule has 116 valence electrons. The molecule has 2 N–H and O–H groups in total. The molecule has 0 saturated heterocycles. The molecule has 0 spiro atoms. The van der Waals surface area contributed by atoms with E-state index in [1.807, 2.05) is 0 Å². The minimum atomic E-state index is -0.543. The van der Waals surface area contributed by atoms with Crippen LogP contribution in [-0.4, -0.2) is 21.0 Å². The number of rotatable bonds is 3. The normalized spacial score (nSPS) is 10.7. The second-order valence-electron chi connectivity index (χ2n) is 4.97. The highest BCUT2D eigenvalue weighted by Gasteiger charge is 2.18. The van der Waals surface area contributed by atoms with E-state index in [-0.39, 0.29) is 11.4 Å². The number of aromatic nitrogens is 2. The van der Waals surface area contributed by atoms with Crippen LogP contribution in [0.25, 0.3) is 10.9 Å². The third kappa shape index (κ3) is 2.73. The fourth-order valence-electron chi connectivity index (χ4n) is 2.24. The van der Waals surface area contributed by atoms with E-state index in [4.69, 9.17) is 0 Å². The van der Waals surface area contributed by atoms with E-state index in [2.05, 4.69) is 15.5 Å². The van der Waals surface area contributed by atoms with E-state index >= 15 is 0 Å². The standard InChI is InChI=1S/C15H11FN4O3/c1-8-6-9(16)2-4-12(8)17-15(21)14-11-7-10(20(22)23)3-5-13(11)18-19-14/h2-7H,1H3,(H,17,21)(H,18,19). The Balaban J connectivity index is 1.97. The lowest BCUT2D eigenvalue weighted by molar-refractivity contribution is -0.384. The number of H-pyrrole nitrogens is 1. The van der Waals surface area contributed by atoms with Gasteiger partial charge in [0.15, 0.2) is 5.69 Å². The molecule has 0 aliphatic heterocycles. The van der Waals surface area contributed by atoms with Crippen LogP contribution in [0.3, 0.4) is 0 Å². The predicted octanol–water partition coefficient (Wildman–Crippen LogP) is 3.17. The summed E-state index contributed by atoms with van der Waals surface area (Å²) in [5, 5.41) is 20.4. The van der Waals surface area contributed by atoms with Gasteiger partial charge in [-0.1, -0.05) is 0 Å². The van der Waals surface area contributed by atoms with E-state index in [1.165, 1.54) is 36.4 Å². The van der Waals surface area contributed by atoms with E-state index in [9.17, 15) is 19.3 Å². The highest BCUT2D eigenvalue weighted by Crippen LogP contribution is 2.23. The number of halogens is 1. The Morgan fingerprint density at radius 3 is 2.78 bits per heavy atom. The molecule has 23 heavy (non-hydrogen) atoms. The fourth-order valence-corrected chi connectivity index (χ4v) is 2.24. The van der Waals surface area contributed by atoms with Crippen molar-refractivity contribution in [3.8, 4) is 0 Å². The maximum absolute atomic E-state index is 13.1. The van der Waals surface area contributed by atoms with Gasteiger partial charge in [-0.2, -0.15) is 5.10 Å². The van der Waals surface area contributed by atoms with E-state index in [0.29, 0.717) is 22.2 Å². The number of nitro benzene ring substituents is 1. The zero-order chi connectivity index (χ0) is 16.6. The molecule has 0 aliphatic rings. The highest BCUT2D eigenvalue weighted by molar-refractivity contribution is 6.11. The van der Waals surface area contributed by atoms with E-state index < -0.39 is 16.6 Å². The first-order valence-electron chi connectivity index (χ1n) is 6.66. The number of nitrogens with zero attached hydrogens (tertiary/aromatic N) is 2. The number of benzene rings is 2. The molecule has 0 fully saturated rings. The van der Waals surface area contributed by atoms with Crippen LogP contribution in [0.1, 0.15) is 16.1 Å². The number of carbonyl (C=O) groups is 1. The number of anilines is 1. The van der Waals surface area contributed by atoms with E-state index in [1.54, 1.807) is 6.92 Å². The third-order valence-corrected chi connectivity index (χ3v) is 3.41. The van der Waals surface area contributed by atoms with Crippen molar-refractivity contribution in [2.45, 2.75) is 6.92 Å². The fraction of sp³-hybridized carbons (Fsp3) is 0.0667. The lowest BCUT2D eigenvalue weighted by atomic mass is 10.1. The summed E-state index contributed by atoms with van der Waals surface area (Å²) < 4.78 is 13.1. The summed E-state index contributed by atoms with van der Waals surface area (Å²) in [4.78, 5) is 22.7. The van der Waals surface area contributed by atoms with Crippen molar-refractivity contribution < 1.29 is 14.1 Å². The summed E-state index contributed by atoms with van der Waals surface area (Å²) in [6, 6.07) is 8.07. The van der Waals surface area contributed by atoms with Crippen molar-refractivity contribution in [3.63, 3.8) is 0 Å². The Morgan fingerprint density at radius 2 is 2.09 bits per heavy atom. The average Bonchev–Trinajstić information content (AvgIpc) is 2.93. The minimum Gasteiger partial charge on any atom is -0.320 e. The van der Waals surface area contributed by atoms with Crippen molar-refractivity contribution in [3.05, 3.63) is 63.6 Å². The van der Waals surface area contributed by atoms with Crippen LogP contribution in [0.5, 0.6) is 0 Å². The quantitative estimate of drug-likeness (QED) is 0.572. The SMILES string of the molecule is Cc1cc(F)ccc1NC(=O)c1n[nH]c2ccc([N+](=O)[O-])cc12. The molecule has 0 aliphatic carbocycles. The largest absolute Gasteiger partial charge is 0.320 e. The molecule has 0 unspecified atom stereocenters. The second-order valence-corrected chi connectivity index (χ2v) is 4.97. The van der Waals surface area contributed by atoms with Crippen LogP contribution in [0, 0.1) is 22.9 Å². The molecule has 0 saturated carbocycles. The summed E-state index contributed by atoms with van der Waals surface area (Å²) in [6.07, 6.45) is 0. The van der Waals surface area contributed by atoms with Crippen LogP contribution >= 0.6 is 0 Å². The molecule has 2 aromatic carbocycles. The predicted molar refractivity (Wildman–Crippen MR) is 81.8 cm³/mol. The van der Waals surface area contributed by atoms with Gasteiger partial charge in [-0.3, -0.25) is 20.0 Å². The van der Waals surface area contributed by atoms with Gasteiger partial charge in [-0.25, -0.2) is 4.39 Å². The number of non-ortho nitro benzene ring substituents is 1. The molecule has 3 rings (SSSR count). The van der Waals surface area contributed by atoms with Gasteiger partial charge >= 0.3 is 0 Å². The first kappa shape index (κ1) is 14.6. The Bertz CT molecular complexity index is 936. The van der Waals surface area contributed by atoms with Crippen molar-refractivity contribution in [2.24, 2.45) is 0 Å². The number of aryl methyl sites for hydroxylation is 1. The van der Waals surface area contributed by atoms with Crippen LogP contribution in [0.15, 0.2) is 36.4 Å². The Morgan fingerprint density at radius 1 is 1.30 bits per heavy atom. The van der Waals surface area contributed by atoms with Gasteiger partial charge in [0.1, 0.15) is 5.82 Å². The number of amides is 1. The molecule has 0 radical (unpaired) electrons. The summed E-state index contributed by atoms with van der Waals surface area (Å²) in [5.74, 6) is -0.937. The van der Waals surface area contributed by atoms with Gasteiger partial charge in [0.2, 0.25) is 0 Å². The zero-order valence-electron chi connectivity index (χ0n) is 12.0. The van der Waals surface area contributed by atoms with Crippen LogP contribution in [0.2, 0.25) is 0 Å². The second kappa shape index (κ2) is 5.48. The maximum Gasteiger partial charge on any atom is 0.276 e. The Kier molecular flexibility index (Phi) is 3.49. The molecule has 1 aromatic heterocycles. The summed E-state index contributed by atoms with van der Waals surface area (Å²) in [5.41, 5.74) is 1.41. The van der Waals surface area contributed by atoms with Gasteiger partial charge < -0.3 is 5.32 Å². The van der Waals surface area contributed by atoms with Crippen molar-refractivity contribution in [1.82, 2.24) is 10.2 Å². The number of hydrogen-bond acceptors (Lipinski definition) is 4. The minimum absolute atomic E-state index is 0.0347. The number of fused-ring (bicyclic) bond motifs is 1. The lowest BCUT2D eigenvalue weighted by Gasteiger charge is -2.07. The average molecular weight is 314 g/mol. The van der Waals surface area contributed by atoms with Crippen molar-refractivity contribution in [2.75, 3.05) is 5.32 Å². The van der Waals surface area contributed by atoms with Gasteiger partial charge in [0.25, 0.3) is 11.6 Å².